The van der Waals surface area contributed by atoms with Crippen molar-refractivity contribution in [2.45, 2.75) is 12.5 Å². The Kier molecular flexibility index (Phi) is 4.12. The average Bonchev–Trinajstić information content (AvgIpc) is 2.18. The summed E-state index contributed by atoms with van der Waals surface area (Å²) in [5.74, 6) is 1.65. The Morgan fingerprint density at radius 1 is 1.46 bits per heavy atom. The zero-order valence-electron chi connectivity index (χ0n) is 7.73. The number of ether oxygens (including phenoxy) is 1. The minimum absolute atomic E-state index is 0.0219. The van der Waals surface area contributed by atoms with Crippen LogP contribution in [-0.4, -0.2) is 12.9 Å². The Morgan fingerprint density at radius 3 is 2.77 bits per heavy atom. The lowest BCUT2D eigenvalue weighted by molar-refractivity contribution is 0.405. The number of hydrogen-bond acceptors (Lipinski definition) is 3. The fraction of sp³-hybridized carbons (Fsp3) is 0.400. The molecule has 2 N–H and O–H groups in total. The van der Waals surface area contributed by atoms with Gasteiger partial charge < -0.3 is 10.5 Å². The van der Waals surface area contributed by atoms with Gasteiger partial charge in [0.1, 0.15) is 5.75 Å². The molecule has 0 saturated heterocycles. The van der Waals surface area contributed by atoms with Gasteiger partial charge in [0.15, 0.2) is 0 Å². The molecule has 0 amide bonds. The number of thiol groups is 1. The molecular formula is C10H15NOS. The van der Waals surface area contributed by atoms with Gasteiger partial charge in [0.25, 0.3) is 0 Å². The lowest BCUT2D eigenvalue weighted by Gasteiger charge is -2.14. The van der Waals surface area contributed by atoms with Crippen molar-refractivity contribution in [1.82, 2.24) is 0 Å². The highest BCUT2D eigenvalue weighted by Gasteiger charge is 2.09. The fourth-order valence-corrected chi connectivity index (χ4v) is 1.55. The number of methoxy groups -OCH3 is 1. The summed E-state index contributed by atoms with van der Waals surface area (Å²) in [6.07, 6.45) is 0.865. The minimum atomic E-state index is 0.0219. The molecule has 0 spiro atoms. The van der Waals surface area contributed by atoms with Crippen LogP contribution in [-0.2, 0) is 0 Å². The van der Waals surface area contributed by atoms with E-state index in [2.05, 4.69) is 12.6 Å². The molecule has 1 rings (SSSR count). The predicted octanol–water partition coefficient (Wildman–Crippen LogP) is 2.01. The molecule has 1 aromatic carbocycles. The fourth-order valence-electron chi connectivity index (χ4n) is 1.27. The Bertz CT molecular complexity index is 265. The van der Waals surface area contributed by atoms with Crippen LogP contribution in [0.3, 0.4) is 0 Å². The Labute approximate surface area is 84.5 Å². The van der Waals surface area contributed by atoms with E-state index >= 15 is 0 Å². The van der Waals surface area contributed by atoms with Gasteiger partial charge >= 0.3 is 0 Å². The van der Waals surface area contributed by atoms with Crippen molar-refractivity contribution >= 4 is 12.6 Å². The van der Waals surface area contributed by atoms with Crippen LogP contribution in [0.15, 0.2) is 24.3 Å². The molecule has 13 heavy (non-hydrogen) atoms. The van der Waals surface area contributed by atoms with Gasteiger partial charge in [-0.3, -0.25) is 0 Å². The van der Waals surface area contributed by atoms with Crippen molar-refractivity contribution in [3.05, 3.63) is 29.8 Å². The molecule has 0 heterocycles. The second-order valence-corrected chi connectivity index (χ2v) is 3.31. The van der Waals surface area contributed by atoms with Gasteiger partial charge in [-0.05, 0) is 18.2 Å². The van der Waals surface area contributed by atoms with Crippen LogP contribution in [0.1, 0.15) is 18.0 Å². The van der Waals surface area contributed by atoms with Crippen molar-refractivity contribution in [2.75, 3.05) is 12.9 Å². The summed E-state index contributed by atoms with van der Waals surface area (Å²) in [6, 6.07) is 7.85. The first-order valence-electron chi connectivity index (χ1n) is 4.29. The zero-order valence-corrected chi connectivity index (χ0v) is 8.63. The summed E-state index contributed by atoms with van der Waals surface area (Å²) < 4.78 is 5.21. The SMILES string of the molecule is COc1ccccc1C(N)CCS. The van der Waals surface area contributed by atoms with Crippen LogP contribution in [0.4, 0.5) is 0 Å². The van der Waals surface area contributed by atoms with Crippen LogP contribution >= 0.6 is 12.6 Å². The smallest absolute Gasteiger partial charge is 0.123 e. The summed E-state index contributed by atoms with van der Waals surface area (Å²) in [5, 5.41) is 0. The molecule has 0 bridgehead atoms. The number of benzene rings is 1. The molecule has 0 aliphatic rings. The maximum absolute atomic E-state index is 5.95. The minimum Gasteiger partial charge on any atom is -0.496 e. The third-order valence-electron chi connectivity index (χ3n) is 1.98. The molecule has 1 unspecified atom stereocenters. The Morgan fingerprint density at radius 2 is 2.15 bits per heavy atom. The third kappa shape index (κ3) is 2.64. The molecule has 0 aliphatic carbocycles. The molecule has 0 fully saturated rings. The van der Waals surface area contributed by atoms with Crippen molar-refractivity contribution in [3.63, 3.8) is 0 Å². The summed E-state index contributed by atoms with van der Waals surface area (Å²) in [6.45, 7) is 0. The van der Waals surface area contributed by atoms with E-state index in [9.17, 15) is 0 Å². The van der Waals surface area contributed by atoms with E-state index in [-0.39, 0.29) is 6.04 Å². The maximum atomic E-state index is 5.95. The van der Waals surface area contributed by atoms with E-state index in [0.717, 1.165) is 23.5 Å². The molecular weight excluding hydrogens is 182 g/mol. The van der Waals surface area contributed by atoms with Crippen molar-refractivity contribution in [3.8, 4) is 5.75 Å². The normalized spacial score (nSPS) is 12.5. The lowest BCUT2D eigenvalue weighted by Crippen LogP contribution is -2.11. The topological polar surface area (TPSA) is 35.2 Å². The highest BCUT2D eigenvalue weighted by Crippen LogP contribution is 2.24. The number of para-hydroxylation sites is 1. The Balaban J connectivity index is 2.85. The molecule has 0 aromatic heterocycles. The average molecular weight is 197 g/mol. The van der Waals surface area contributed by atoms with Gasteiger partial charge in [0.05, 0.1) is 7.11 Å². The summed E-state index contributed by atoms with van der Waals surface area (Å²) in [5.41, 5.74) is 7.01. The van der Waals surface area contributed by atoms with Crippen molar-refractivity contribution in [2.24, 2.45) is 5.73 Å². The molecule has 0 saturated carbocycles. The van der Waals surface area contributed by atoms with Gasteiger partial charge in [0.2, 0.25) is 0 Å². The molecule has 0 aliphatic heterocycles. The van der Waals surface area contributed by atoms with Gasteiger partial charge in [-0.15, -0.1) is 0 Å². The molecule has 0 radical (unpaired) electrons. The Hall–Kier alpha value is -0.670. The van der Waals surface area contributed by atoms with Gasteiger partial charge in [-0.2, -0.15) is 12.6 Å². The van der Waals surface area contributed by atoms with Crippen LogP contribution < -0.4 is 10.5 Å². The van der Waals surface area contributed by atoms with E-state index in [4.69, 9.17) is 10.5 Å². The van der Waals surface area contributed by atoms with Gasteiger partial charge in [0, 0.05) is 11.6 Å². The molecule has 1 aromatic rings. The maximum Gasteiger partial charge on any atom is 0.123 e. The van der Waals surface area contributed by atoms with E-state index in [1.165, 1.54) is 0 Å². The first-order chi connectivity index (χ1) is 6.29. The van der Waals surface area contributed by atoms with Crippen molar-refractivity contribution < 1.29 is 4.74 Å². The highest BCUT2D eigenvalue weighted by molar-refractivity contribution is 7.80. The third-order valence-corrected chi connectivity index (χ3v) is 2.24. The second kappa shape index (κ2) is 5.14. The van der Waals surface area contributed by atoms with E-state index in [1.54, 1.807) is 7.11 Å². The van der Waals surface area contributed by atoms with Crippen LogP contribution in [0.2, 0.25) is 0 Å². The summed E-state index contributed by atoms with van der Waals surface area (Å²) >= 11 is 4.15. The van der Waals surface area contributed by atoms with Gasteiger partial charge in [-0.25, -0.2) is 0 Å². The number of nitrogens with two attached hydrogens (primary N) is 1. The van der Waals surface area contributed by atoms with E-state index < -0.39 is 0 Å². The van der Waals surface area contributed by atoms with E-state index in [0.29, 0.717) is 0 Å². The first kappa shape index (κ1) is 10.4. The number of hydrogen-bond donors (Lipinski definition) is 2. The highest BCUT2D eigenvalue weighted by atomic mass is 32.1. The quantitative estimate of drug-likeness (QED) is 0.724. The van der Waals surface area contributed by atoms with Crippen LogP contribution in [0, 0.1) is 0 Å². The molecule has 2 nitrogen and oxygen atoms in total. The molecule has 3 heteroatoms. The standard InChI is InChI=1S/C10H15NOS/c1-12-10-5-3-2-4-8(10)9(11)6-7-13/h2-5,9,13H,6-7,11H2,1H3. The summed E-state index contributed by atoms with van der Waals surface area (Å²) in [4.78, 5) is 0. The van der Waals surface area contributed by atoms with Crippen LogP contribution in [0.5, 0.6) is 5.75 Å². The first-order valence-corrected chi connectivity index (χ1v) is 4.92. The van der Waals surface area contributed by atoms with Crippen LogP contribution in [0.25, 0.3) is 0 Å². The summed E-state index contributed by atoms with van der Waals surface area (Å²) in [7, 11) is 1.66. The predicted molar refractivity (Wildman–Crippen MR) is 58.4 cm³/mol. The number of rotatable bonds is 4. The lowest BCUT2D eigenvalue weighted by atomic mass is 10.0. The van der Waals surface area contributed by atoms with Gasteiger partial charge in [-0.1, -0.05) is 18.2 Å². The molecule has 72 valence electrons. The second-order valence-electron chi connectivity index (χ2n) is 2.86. The largest absolute Gasteiger partial charge is 0.496 e. The molecule has 1 atom stereocenters. The van der Waals surface area contributed by atoms with E-state index in [1.807, 2.05) is 24.3 Å². The van der Waals surface area contributed by atoms with Crippen molar-refractivity contribution in [1.29, 1.82) is 0 Å². The monoisotopic (exact) mass is 197 g/mol. The zero-order chi connectivity index (χ0) is 9.68.